The van der Waals surface area contributed by atoms with Gasteiger partial charge < -0.3 is 15.0 Å². The van der Waals surface area contributed by atoms with Gasteiger partial charge in [0.1, 0.15) is 24.3 Å². The number of hydrogen-bond donors (Lipinski definition) is 2. The van der Waals surface area contributed by atoms with E-state index in [0.717, 1.165) is 60.7 Å². The number of morpholine rings is 1. The minimum absolute atomic E-state index is 0.102. The van der Waals surface area contributed by atoms with Crippen LogP contribution in [-0.2, 0) is 4.74 Å². The molecule has 27 heavy (non-hydrogen) atoms. The van der Waals surface area contributed by atoms with Gasteiger partial charge in [-0.1, -0.05) is 54.6 Å². The Balaban J connectivity index is 1.61. The van der Waals surface area contributed by atoms with E-state index < -0.39 is 0 Å². The number of ether oxygens (including phenoxy) is 1. The maximum absolute atomic E-state index is 5.51. The predicted octanol–water partition coefficient (Wildman–Crippen LogP) is 2.40. The van der Waals surface area contributed by atoms with Gasteiger partial charge in [-0.05, 0) is 13.8 Å². The van der Waals surface area contributed by atoms with Crippen LogP contribution >= 0.6 is 0 Å². The third-order valence-corrected chi connectivity index (χ3v) is 5.49. The standard InChI is InChI=1S/C22H26N4O/c1-22(2,26-12-14-27-15-13-26)16-23-21-19-11-7-6-10-18(19)20(24-25-21)17-8-4-3-5-9-17/h3-11H,12-16H2,1-2H3,(H,23,25)/p+1. The van der Waals surface area contributed by atoms with Crippen molar-refractivity contribution >= 4 is 16.6 Å². The van der Waals surface area contributed by atoms with Crippen LogP contribution in [0.1, 0.15) is 13.8 Å². The molecule has 1 aromatic heterocycles. The average Bonchev–Trinajstić information content (AvgIpc) is 2.73. The smallest absolute Gasteiger partial charge is 0.156 e. The highest BCUT2D eigenvalue weighted by Crippen LogP contribution is 2.29. The van der Waals surface area contributed by atoms with Gasteiger partial charge in [-0.3, -0.25) is 0 Å². The van der Waals surface area contributed by atoms with E-state index in [0.29, 0.717) is 0 Å². The zero-order chi connectivity index (χ0) is 18.7. The molecule has 4 rings (SSSR count). The van der Waals surface area contributed by atoms with Crippen molar-refractivity contribution in [2.45, 2.75) is 19.4 Å². The number of aromatic nitrogens is 2. The molecule has 0 atom stereocenters. The lowest BCUT2D eigenvalue weighted by molar-refractivity contribution is -0.953. The Morgan fingerprint density at radius 3 is 2.33 bits per heavy atom. The maximum Gasteiger partial charge on any atom is 0.156 e. The molecule has 140 valence electrons. The summed E-state index contributed by atoms with van der Waals surface area (Å²) in [6, 6.07) is 18.6. The van der Waals surface area contributed by atoms with Crippen LogP contribution in [0.3, 0.4) is 0 Å². The average molecular weight is 363 g/mol. The quantitative estimate of drug-likeness (QED) is 0.731. The van der Waals surface area contributed by atoms with Crippen molar-refractivity contribution in [3.63, 3.8) is 0 Å². The van der Waals surface area contributed by atoms with Crippen LogP contribution in [0.2, 0.25) is 0 Å². The number of rotatable bonds is 5. The second-order valence-electron chi connectivity index (χ2n) is 7.76. The van der Waals surface area contributed by atoms with Gasteiger partial charge in [-0.2, -0.15) is 0 Å². The van der Waals surface area contributed by atoms with Gasteiger partial charge in [0.25, 0.3) is 0 Å². The van der Waals surface area contributed by atoms with Crippen molar-refractivity contribution in [1.82, 2.24) is 10.2 Å². The van der Waals surface area contributed by atoms with Gasteiger partial charge in [-0.15, -0.1) is 10.2 Å². The van der Waals surface area contributed by atoms with Crippen molar-refractivity contribution in [1.29, 1.82) is 0 Å². The monoisotopic (exact) mass is 363 g/mol. The van der Waals surface area contributed by atoms with E-state index in [2.05, 4.69) is 65.8 Å². The zero-order valence-electron chi connectivity index (χ0n) is 16.0. The van der Waals surface area contributed by atoms with Crippen LogP contribution in [0, 0.1) is 0 Å². The summed E-state index contributed by atoms with van der Waals surface area (Å²) in [5.74, 6) is 0.853. The number of anilines is 1. The van der Waals surface area contributed by atoms with E-state index in [4.69, 9.17) is 4.74 Å². The molecule has 0 bridgehead atoms. The first kappa shape index (κ1) is 17.9. The minimum Gasteiger partial charge on any atom is -0.370 e. The number of fused-ring (bicyclic) bond motifs is 1. The van der Waals surface area contributed by atoms with E-state index in [9.17, 15) is 0 Å². The second kappa shape index (κ2) is 7.62. The summed E-state index contributed by atoms with van der Waals surface area (Å²) in [5.41, 5.74) is 2.12. The second-order valence-corrected chi connectivity index (χ2v) is 7.76. The summed E-state index contributed by atoms with van der Waals surface area (Å²) in [6.07, 6.45) is 0. The van der Waals surface area contributed by atoms with Crippen molar-refractivity contribution in [3.8, 4) is 11.3 Å². The summed E-state index contributed by atoms with van der Waals surface area (Å²) < 4.78 is 5.51. The first-order valence-electron chi connectivity index (χ1n) is 9.63. The SMILES string of the molecule is CC(C)(CNc1nnc(-c2ccccc2)c2ccccc12)[NH+]1CCOCC1. The summed E-state index contributed by atoms with van der Waals surface area (Å²) in [4.78, 5) is 1.57. The molecule has 2 heterocycles. The number of benzene rings is 2. The van der Waals surface area contributed by atoms with Crippen molar-refractivity contribution < 1.29 is 9.64 Å². The first-order valence-corrected chi connectivity index (χ1v) is 9.63. The molecule has 5 heteroatoms. The molecule has 5 nitrogen and oxygen atoms in total. The van der Waals surface area contributed by atoms with Crippen molar-refractivity contribution in [3.05, 3.63) is 54.6 Å². The first-order chi connectivity index (χ1) is 13.1. The van der Waals surface area contributed by atoms with Gasteiger partial charge in [0.2, 0.25) is 0 Å². The molecular weight excluding hydrogens is 336 g/mol. The highest BCUT2D eigenvalue weighted by Gasteiger charge is 2.32. The molecule has 1 fully saturated rings. The van der Waals surface area contributed by atoms with Crippen LogP contribution in [-0.4, -0.2) is 48.6 Å². The number of nitrogens with zero attached hydrogens (tertiary/aromatic N) is 2. The Labute approximate surface area is 160 Å². The molecule has 0 aliphatic carbocycles. The molecule has 1 saturated heterocycles. The van der Waals surface area contributed by atoms with E-state index in [-0.39, 0.29) is 5.54 Å². The molecule has 1 aliphatic heterocycles. The maximum atomic E-state index is 5.51. The van der Waals surface area contributed by atoms with Crippen LogP contribution in [0.15, 0.2) is 54.6 Å². The zero-order valence-corrected chi connectivity index (χ0v) is 16.0. The highest BCUT2D eigenvalue weighted by atomic mass is 16.5. The Bertz CT molecular complexity index is 905. The fourth-order valence-electron chi connectivity index (χ4n) is 3.77. The number of hydrogen-bond acceptors (Lipinski definition) is 4. The lowest BCUT2D eigenvalue weighted by Gasteiger charge is -2.37. The van der Waals surface area contributed by atoms with E-state index in [1.807, 2.05) is 18.2 Å². The van der Waals surface area contributed by atoms with Crippen LogP contribution in [0.4, 0.5) is 5.82 Å². The van der Waals surface area contributed by atoms with Crippen molar-refractivity contribution in [2.75, 3.05) is 38.2 Å². The molecule has 0 saturated carbocycles. The van der Waals surface area contributed by atoms with Gasteiger partial charge >= 0.3 is 0 Å². The third-order valence-electron chi connectivity index (χ3n) is 5.49. The summed E-state index contributed by atoms with van der Waals surface area (Å²) in [5, 5.41) is 14.9. The Kier molecular flexibility index (Phi) is 5.05. The molecule has 0 radical (unpaired) electrons. The molecule has 3 aromatic rings. The number of nitrogens with one attached hydrogen (secondary N) is 2. The van der Waals surface area contributed by atoms with Gasteiger partial charge in [-0.25, -0.2) is 0 Å². The summed E-state index contributed by atoms with van der Waals surface area (Å²) >= 11 is 0. The molecule has 0 amide bonds. The molecule has 2 N–H and O–H groups in total. The van der Waals surface area contributed by atoms with E-state index in [1.54, 1.807) is 4.90 Å². The minimum atomic E-state index is 0.102. The molecule has 2 aromatic carbocycles. The molecule has 0 unspecified atom stereocenters. The highest BCUT2D eigenvalue weighted by molar-refractivity contribution is 5.99. The third kappa shape index (κ3) is 3.80. The van der Waals surface area contributed by atoms with Gasteiger partial charge in [0.05, 0.1) is 19.8 Å². The Morgan fingerprint density at radius 1 is 0.926 bits per heavy atom. The molecule has 0 spiro atoms. The largest absolute Gasteiger partial charge is 0.370 e. The lowest BCUT2D eigenvalue weighted by atomic mass is 10.0. The van der Waals surface area contributed by atoms with Crippen molar-refractivity contribution in [2.24, 2.45) is 0 Å². The van der Waals surface area contributed by atoms with E-state index in [1.165, 1.54) is 0 Å². The Morgan fingerprint density at radius 2 is 1.59 bits per heavy atom. The fourth-order valence-corrected chi connectivity index (χ4v) is 3.77. The lowest BCUT2D eigenvalue weighted by Crippen LogP contribution is -3.21. The van der Waals surface area contributed by atoms with Crippen LogP contribution < -0.4 is 10.2 Å². The predicted molar refractivity (Wildman–Crippen MR) is 109 cm³/mol. The number of quaternary nitrogens is 1. The van der Waals surface area contributed by atoms with Crippen LogP contribution in [0.25, 0.3) is 22.0 Å². The van der Waals surface area contributed by atoms with Crippen LogP contribution in [0.5, 0.6) is 0 Å². The normalized spacial score (nSPS) is 15.8. The van der Waals surface area contributed by atoms with Gasteiger partial charge in [0.15, 0.2) is 5.82 Å². The summed E-state index contributed by atoms with van der Waals surface area (Å²) in [7, 11) is 0. The Hall–Kier alpha value is -2.50. The summed E-state index contributed by atoms with van der Waals surface area (Å²) in [6.45, 7) is 9.22. The van der Waals surface area contributed by atoms with Gasteiger partial charge in [0, 0.05) is 16.3 Å². The molecular formula is C22H27N4O+. The topological polar surface area (TPSA) is 51.5 Å². The van der Waals surface area contributed by atoms with E-state index >= 15 is 0 Å². The molecule has 1 aliphatic rings. The fraction of sp³-hybridized carbons (Fsp3) is 0.364.